The van der Waals surface area contributed by atoms with Crippen LogP contribution < -0.4 is 10.1 Å². The number of rotatable bonds is 8. The average molecular weight is 379 g/mol. The Labute approximate surface area is 154 Å². The zero-order valence-corrected chi connectivity index (χ0v) is 14.7. The molecule has 10 heteroatoms. The Morgan fingerprint density at radius 2 is 1.93 bits per heavy atom. The van der Waals surface area contributed by atoms with Crippen molar-refractivity contribution in [3.05, 3.63) is 41.9 Å². The highest BCUT2D eigenvalue weighted by Gasteiger charge is 2.16. The number of nitrogens with one attached hydrogen (secondary N) is 1. The van der Waals surface area contributed by atoms with E-state index in [4.69, 9.17) is 14.0 Å². The van der Waals surface area contributed by atoms with Crippen molar-refractivity contribution in [1.82, 2.24) is 10.1 Å². The van der Waals surface area contributed by atoms with E-state index in [0.717, 1.165) is 4.90 Å². The quantitative estimate of drug-likeness (QED) is 0.685. The van der Waals surface area contributed by atoms with Gasteiger partial charge in [0.15, 0.2) is 13.2 Å². The zero-order chi connectivity index (χ0) is 19.8. The molecule has 0 aliphatic rings. The summed E-state index contributed by atoms with van der Waals surface area (Å²) >= 11 is 0. The number of benzene rings is 1. The lowest BCUT2D eigenvalue weighted by molar-refractivity contribution is -0.153. The van der Waals surface area contributed by atoms with Crippen molar-refractivity contribution < 1.29 is 32.8 Å². The van der Waals surface area contributed by atoms with E-state index in [1.807, 2.05) is 0 Å². The summed E-state index contributed by atoms with van der Waals surface area (Å²) in [6.07, 6.45) is 0. The number of likely N-dealkylation sites (N-methyl/N-ethyl adjacent to an activating group) is 1. The number of ether oxygens (including phenoxy) is 2. The van der Waals surface area contributed by atoms with Crippen LogP contribution in [0.25, 0.3) is 0 Å². The SMILES string of the molecule is Cc1cc(OCC(=O)OCC(=O)N(C)CC(=O)Nc2ccc(F)cc2)no1. The Balaban J connectivity index is 1.68. The maximum atomic E-state index is 12.8. The number of carbonyl (C=O) groups excluding carboxylic acids is 3. The number of carbonyl (C=O) groups is 3. The molecule has 0 bridgehead atoms. The van der Waals surface area contributed by atoms with Gasteiger partial charge < -0.3 is 24.2 Å². The summed E-state index contributed by atoms with van der Waals surface area (Å²) < 4.78 is 27.4. The molecule has 1 aromatic heterocycles. The van der Waals surface area contributed by atoms with Crippen LogP contribution in [0.5, 0.6) is 5.88 Å². The Morgan fingerprint density at radius 1 is 1.22 bits per heavy atom. The first kappa shape index (κ1) is 19.9. The van der Waals surface area contributed by atoms with Gasteiger partial charge in [-0.15, -0.1) is 0 Å². The van der Waals surface area contributed by atoms with Crippen LogP contribution in [0.3, 0.4) is 0 Å². The van der Waals surface area contributed by atoms with Gasteiger partial charge in [-0.3, -0.25) is 9.59 Å². The lowest BCUT2D eigenvalue weighted by Gasteiger charge is -2.16. The molecule has 0 atom stereocenters. The van der Waals surface area contributed by atoms with Crippen LogP contribution in [0.15, 0.2) is 34.9 Å². The number of aromatic nitrogens is 1. The predicted molar refractivity (Wildman–Crippen MR) is 90.4 cm³/mol. The van der Waals surface area contributed by atoms with Gasteiger partial charge in [0.05, 0.1) is 6.54 Å². The molecule has 0 unspecified atom stereocenters. The molecule has 1 aromatic carbocycles. The van der Waals surface area contributed by atoms with Crippen LogP contribution >= 0.6 is 0 Å². The summed E-state index contributed by atoms with van der Waals surface area (Å²) in [6, 6.07) is 6.69. The highest BCUT2D eigenvalue weighted by molar-refractivity contribution is 5.94. The van der Waals surface area contributed by atoms with Crippen molar-refractivity contribution in [2.24, 2.45) is 0 Å². The fourth-order valence-electron chi connectivity index (χ4n) is 1.88. The number of hydrogen-bond acceptors (Lipinski definition) is 7. The Bertz CT molecular complexity index is 805. The van der Waals surface area contributed by atoms with Crippen molar-refractivity contribution in [3.8, 4) is 5.88 Å². The third-order valence-electron chi connectivity index (χ3n) is 3.24. The molecule has 1 N–H and O–H groups in total. The number of halogens is 1. The van der Waals surface area contributed by atoms with Gasteiger partial charge in [-0.1, -0.05) is 0 Å². The first-order valence-corrected chi connectivity index (χ1v) is 7.84. The van der Waals surface area contributed by atoms with Gasteiger partial charge in [0.25, 0.3) is 11.8 Å². The summed E-state index contributed by atoms with van der Waals surface area (Å²) in [4.78, 5) is 36.4. The third kappa shape index (κ3) is 6.77. The molecule has 1 heterocycles. The smallest absolute Gasteiger partial charge is 0.344 e. The second-order valence-electron chi connectivity index (χ2n) is 5.53. The van der Waals surface area contributed by atoms with Gasteiger partial charge in [-0.25, -0.2) is 9.18 Å². The number of nitrogens with zero attached hydrogens (tertiary/aromatic N) is 2. The zero-order valence-electron chi connectivity index (χ0n) is 14.7. The van der Waals surface area contributed by atoms with Crippen molar-refractivity contribution >= 4 is 23.5 Å². The fourth-order valence-corrected chi connectivity index (χ4v) is 1.88. The molecule has 0 radical (unpaired) electrons. The number of esters is 1. The standard InChI is InChI=1S/C17H18FN3O6/c1-11-7-15(20-27-11)25-10-17(24)26-9-16(23)21(2)8-14(22)19-13-5-3-12(18)4-6-13/h3-7H,8-10H2,1-2H3,(H,19,22). The van der Waals surface area contributed by atoms with E-state index in [-0.39, 0.29) is 12.4 Å². The van der Waals surface area contributed by atoms with Crippen LogP contribution in [0.2, 0.25) is 0 Å². The maximum Gasteiger partial charge on any atom is 0.344 e. The molecule has 0 saturated heterocycles. The first-order valence-electron chi connectivity index (χ1n) is 7.84. The summed E-state index contributed by atoms with van der Waals surface area (Å²) in [5.41, 5.74) is 0.397. The Hall–Kier alpha value is -3.43. The highest BCUT2D eigenvalue weighted by atomic mass is 19.1. The minimum absolute atomic E-state index is 0.130. The number of aryl methyl sites for hydroxylation is 1. The molecule has 0 spiro atoms. The van der Waals surface area contributed by atoms with E-state index < -0.39 is 36.8 Å². The summed E-state index contributed by atoms with van der Waals surface area (Å²) in [5, 5.41) is 6.05. The van der Waals surface area contributed by atoms with E-state index in [1.54, 1.807) is 6.92 Å². The highest BCUT2D eigenvalue weighted by Crippen LogP contribution is 2.10. The molecule has 27 heavy (non-hydrogen) atoms. The van der Waals surface area contributed by atoms with E-state index in [9.17, 15) is 18.8 Å². The molecule has 2 rings (SSSR count). The molecule has 144 valence electrons. The first-order chi connectivity index (χ1) is 12.8. The molecule has 0 fully saturated rings. The van der Waals surface area contributed by atoms with Gasteiger partial charge in [0.2, 0.25) is 5.91 Å². The van der Waals surface area contributed by atoms with Crippen LogP contribution in [0, 0.1) is 12.7 Å². The number of anilines is 1. The molecule has 2 aromatic rings. The Morgan fingerprint density at radius 3 is 2.56 bits per heavy atom. The monoisotopic (exact) mass is 379 g/mol. The van der Waals surface area contributed by atoms with Gasteiger partial charge in [-0.2, -0.15) is 0 Å². The molecular formula is C17H18FN3O6. The second kappa shape index (κ2) is 9.32. The average Bonchev–Trinajstić information content (AvgIpc) is 3.05. The lowest BCUT2D eigenvalue weighted by Crippen LogP contribution is -2.37. The summed E-state index contributed by atoms with van der Waals surface area (Å²) in [5.74, 6) is -1.60. The maximum absolute atomic E-state index is 12.8. The van der Waals surface area contributed by atoms with Crippen molar-refractivity contribution in [2.75, 3.05) is 32.1 Å². The minimum Gasteiger partial charge on any atom is -0.463 e. The molecular weight excluding hydrogens is 361 g/mol. The van der Waals surface area contributed by atoms with Gasteiger partial charge in [0, 0.05) is 18.8 Å². The third-order valence-corrected chi connectivity index (χ3v) is 3.24. The van der Waals surface area contributed by atoms with Crippen LogP contribution in [-0.2, 0) is 19.1 Å². The number of hydrogen-bond donors (Lipinski definition) is 1. The molecule has 0 saturated carbocycles. The van der Waals surface area contributed by atoms with E-state index >= 15 is 0 Å². The fraction of sp³-hybridized carbons (Fsp3) is 0.294. The van der Waals surface area contributed by atoms with Gasteiger partial charge >= 0.3 is 5.97 Å². The summed E-state index contributed by atoms with van der Waals surface area (Å²) in [7, 11) is 1.38. The van der Waals surface area contributed by atoms with Gasteiger partial charge in [0.1, 0.15) is 11.6 Å². The normalized spacial score (nSPS) is 10.2. The molecule has 0 aliphatic heterocycles. The van der Waals surface area contributed by atoms with Crippen LogP contribution in [-0.4, -0.2) is 54.6 Å². The lowest BCUT2D eigenvalue weighted by atomic mass is 10.3. The Kier molecular flexibility index (Phi) is 6.86. The second-order valence-corrected chi connectivity index (χ2v) is 5.53. The topological polar surface area (TPSA) is 111 Å². The van der Waals surface area contributed by atoms with Crippen molar-refractivity contribution in [2.45, 2.75) is 6.92 Å². The number of amides is 2. The molecule has 0 aliphatic carbocycles. The predicted octanol–water partition coefficient (Wildman–Crippen LogP) is 1.14. The van der Waals surface area contributed by atoms with Crippen LogP contribution in [0.4, 0.5) is 10.1 Å². The van der Waals surface area contributed by atoms with E-state index in [0.29, 0.717) is 11.4 Å². The molecule has 9 nitrogen and oxygen atoms in total. The summed E-state index contributed by atoms with van der Waals surface area (Å²) in [6.45, 7) is 0.426. The van der Waals surface area contributed by atoms with E-state index in [1.165, 1.54) is 37.4 Å². The van der Waals surface area contributed by atoms with Gasteiger partial charge in [-0.05, 0) is 36.3 Å². The van der Waals surface area contributed by atoms with Crippen LogP contribution in [0.1, 0.15) is 5.76 Å². The largest absolute Gasteiger partial charge is 0.463 e. The van der Waals surface area contributed by atoms with Crippen molar-refractivity contribution in [3.63, 3.8) is 0 Å². The molecule has 2 amide bonds. The van der Waals surface area contributed by atoms with E-state index in [2.05, 4.69) is 10.5 Å². The minimum atomic E-state index is -0.770. The van der Waals surface area contributed by atoms with Crippen molar-refractivity contribution in [1.29, 1.82) is 0 Å².